The molecule has 0 bridgehead atoms. The molecular weight excluding hydrogens is 518 g/mol. The fourth-order valence-electron chi connectivity index (χ4n) is 5.98. The van der Waals surface area contributed by atoms with Crippen molar-refractivity contribution < 1.29 is 24.9 Å². The number of Topliss-reactive ketones (excluding diaryl/α,β-unsaturated/α-hetero) is 1. The predicted octanol–water partition coefficient (Wildman–Crippen LogP) is 5.22. The number of aliphatic carboxylic acids is 1. The van der Waals surface area contributed by atoms with E-state index in [0.29, 0.717) is 43.1 Å². The number of guanidine groups is 1. The van der Waals surface area contributed by atoms with E-state index in [9.17, 15) is 19.8 Å². The van der Waals surface area contributed by atoms with Crippen LogP contribution in [0.2, 0.25) is 0 Å². The molecular formula is C33H53N3O5. The third kappa shape index (κ3) is 12.8. The second-order valence-electron chi connectivity index (χ2n) is 11.5. The Morgan fingerprint density at radius 1 is 1.17 bits per heavy atom. The molecule has 0 spiro atoms. The Kier molecular flexibility index (Phi) is 16.3. The molecule has 0 amide bonds. The molecule has 8 nitrogen and oxygen atoms in total. The second kappa shape index (κ2) is 19.4. The predicted molar refractivity (Wildman–Crippen MR) is 165 cm³/mol. The molecule has 0 saturated heterocycles. The number of aliphatic hydroxyl groups excluding tert-OH is 2. The Morgan fingerprint density at radius 3 is 2.56 bits per heavy atom. The molecule has 0 aromatic heterocycles. The summed E-state index contributed by atoms with van der Waals surface area (Å²) in [5.41, 5.74) is 7.32. The standard InChI is InChI=1S/C33H53N3O5/c1-3-12-24(4-2)14-11-15-25(13-7-6-10-20-37)21-29(32(40)41)36-33(34)35-19-18-28-30(38)22-27(23-31(28)39)26-16-8-5-9-17-26/h3,11-12,15,18,21,24,26-27,29-30,37-38H,4-10,13-14,16-17,19-20,22-23H2,1-2H3,(H,40,41)(H3,34,35,36)/b12-3-,15-11+,25-21-,28-18-. The van der Waals surface area contributed by atoms with Crippen LogP contribution in [0.15, 0.2) is 52.6 Å². The molecule has 4 atom stereocenters. The lowest BCUT2D eigenvalue weighted by atomic mass is 9.71. The number of nitrogens with zero attached hydrogens (tertiary/aromatic N) is 1. The lowest BCUT2D eigenvalue weighted by molar-refractivity contribution is -0.137. The molecule has 2 fully saturated rings. The van der Waals surface area contributed by atoms with Crippen LogP contribution < -0.4 is 11.1 Å². The van der Waals surface area contributed by atoms with Gasteiger partial charge in [-0.05, 0) is 74.9 Å². The number of aliphatic imine (C=N–C) groups is 1. The van der Waals surface area contributed by atoms with Crippen molar-refractivity contribution in [2.45, 2.75) is 109 Å². The molecule has 2 rings (SSSR count). The first kappa shape index (κ1) is 34.5. The summed E-state index contributed by atoms with van der Waals surface area (Å²) in [5, 5.41) is 32.4. The van der Waals surface area contributed by atoms with Gasteiger partial charge < -0.3 is 26.4 Å². The van der Waals surface area contributed by atoms with Crippen molar-refractivity contribution in [3.63, 3.8) is 0 Å². The largest absolute Gasteiger partial charge is 0.479 e. The van der Waals surface area contributed by atoms with E-state index in [1.54, 1.807) is 12.2 Å². The number of hydrogen-bond donors (Lipinski definition) is 5. The average molecular weight is 572 g/mol. The van der Waals surface area contributed by atoms with Gasteiger partial charge in [0.2, 0.25) is 0 Å². The number of carboxylic acids is 1. The van der Waals surface area contributed by atoms with Crippen molar-refractivity contribution in [1.82, 2.24) is 5.32 Å². The Balaban J connectivity index is 2.04. The maximum absolute atomic E-state index is 12.8. The van der Waals surface area contributed by atoms with Gasteiger partial charge in [0.1, 0.15) is 6.04 Å². The Bertz CT molecular complexity index is 962. The van der Waals surface area contributed by atoms with Crippen molar-refractivity contribution in [1.29, 1.82) is 0 Å². The number of carbonyl (C=O) groups excluding carboxylic acids is 1. The van der Waals surface area contributed by atoms with Gasteiger partial charge in [0, 0.05) is 18.6 Å². The van der Waals surface area contributed by atoms with Crippen LogP contribution in [0.1, 0.15) is 97.3 Å². The summed E-state index contributed by atoms with van der Waals surface area (Å²) in [6.07, 6.45) is 22.8. The minimum Gasteiger partial charge on any atom is -0.479 e. The van der Waals surface area contributed by atoms with Gasteiger partial charge >= 0.3 is 5.97 Å². The number of aliphatic hydroxyl groups is 2. The van der Waals surface area contributed by atoms with Crippen LogP contribution in [0.25, 0.3) is 0 Å². The van der Waals surface area contributed by atoms with Crippen LogP contribution >= 0.6 is 0 Å². The lowest BCUT2D eigenvalue weighted by Crippen LogP contribution is -2.43. The van der Waals surface area contributed by atoms with Crippen molar-refractivity contribution >= 4 is 17.7 Å². The molecule has 0 heterocycles. The van der Waals surface area contributed by atoms with Crippen molar-refractivity contribution in [2.24, 2.45) is 28.5 Å². The second-order valence-corrected chi connectivity index (χ2v) is 11.5. The topological polar surface area (TPSA) is 145 Å². The smallest absolute Gasteiger partial charge is 0.330 e. The first-order valence-electron chi connectivity index (χ1n) is 15.6. The number of hydrogen-bond acceptors (Lipinski definition) is 5. The molecule has 0 radical (unpaired) electrons. The fourth-order valence-corrected chi connectivity index (χ4v) is 5.98. The van der Waals surface area contributed by atoms with Gasteiger partial charge in [-0.1, -0.05) is 75.8 Å². The van der Waals surface area contributed by atoms with Gasteiger partial charge in [0.05, 0.1) is 12.6 Å². The van der Waals surface area contributed by atoms with Gasteiger partial charge in [-0.25, -0.2) is 9.79 Å². The molecule has 2 aliphatic carbocycles. The maximum atomic E-state index is 12.8. The third-order valence-corrected chi connectivity index (χ3v) is 8.38. The highest BCUT2D eigenvalue weighted by atomic mass is 16.4. The van der Waals surface area contributed by atoms with E-state index in [2.05, 4.69) is 35.5 Å². The summed E-state index contributed by atoms with van der Waals surface area (Å²) in [6, 6.07) is -1.07. The number of nitrogens with one attached hydrogen (secondary N) is 1. The van der Waals surface area contributed by atoms with Crippen molar-refractivity contribution in [2.75, 3.05) is 13.2 Å². The summed E-state index contributed by atoms with van der Waals surface area (Å²) in [6.45, 7) is 4.37. The molecule has 41 heavy (non-hydrogen) atoms. The molecule has 0 aromatic rings. The molecule has 0 aliphatic heterocycles. The Labute approximate surface area is 246 Å². The number of ketones is 1. The average Bonchev–Trinajstić information content (AvgIpc) is 2.95. The zero-order chi connectivity index (χ0) is 30.0. The van der Waals surface area contributed by atoms with E-state index < -0.39 is 18.1 Å². The SMILES string of the molecule is C/C=C\C(CC)C/C=C/C(=C\C(NC(N)=NC/C=C1\C(=O)CC(C2CCCCC2)CC1O)C(=O)O)CCCCCO. The minimum absolute atomic E-state index is 0.0234. The highest BCUT2D eigenvalue weighted by Gasteiger charge is 2.35. The van der Waals surface area contributed by atoms with Gasteiger partial charge in [-0.15, -0.1) is 0 Å². The number of carbonyl (C=O) groups is 2. The van der Waals surface area contributed by atoms with Gasteiger partial charge in [-0.2, -0.15) is 0 Å². The van der Waals surface area contributed by atoms with Crippen LogP contribution in [-0.2, 0) is 9.59 Å². The summed E-state index contributed by atoms with van der Waals surface area (Å²) in [7, 11) is 0. The number of nitrogens with two attached hydrogens (primary N) is 1. The molecule has 0 aromatic carbocycles. The molecule has 8 heteroatoms. The summed E-state index contributed by atoms with van der Waals surface area (Å²) in [4.78, 5) is 29.1. The summed E-state index contributed by atoms with van der Waals surface area (Å²) in [5.74, 6) is 0.0741. The van der Waals surface area contributed by atoms with E-state index in [1.165, 1.54) is 19.3 Å². The monoisotopic (exact) mass is 571 g/mol. The Hall–Kier alpha value is -2.71. The van der Waals surface area contributed by atoms with E-state index >= 15 is 0 Å². The van der Waals surface area contributed by atoms with Crippen molar-refractivity contribution in [3.05, 3.63) is 47.6 Å². The highest BCUT2D eigenvalue weighted by molar-refractivity contribution is 5.97. The molecule has 4 unspecified atom stereocenters. The van der Waals surface area contributed by atoms with E-state index in [1.807, 2.05) is 13.0 Å². The number of allylic oxidation sites excluding steroid dienone is 5. The van der Waals surface area contributed by atoms with Gasteiger partial charge in [0.15, 0.2) is 11.7 Å². The zero-order valence-corrected chi connectivity index (χ0v) is 25.1. The first-order valence-corrected chi connectivity index (χ1v) is 15.6. The molecule has 2 aliphatic rings. The quantitative estimate of drug-likeness (QED) is 0.0426. The fraction of sp³-hybridized carbons (Fsp3) is 0.667. The highest BCUT2D eigenvalue weighted by Crippen LogP contribution is 2.38. The maximum Gasteiger partial charge on any atom is 0.330 e. The molecule has 6 N–H and O–H groups in total. The van der Waals surface area contributed by atoms with Crippen LogP contribution in [0.4, 0.5) is 0 Å². The van der Waals surface area contributed by atoms with E-state index in [-0.39, 0.29) is 30.8 Å². The van der Waals surface area contributed by atoms with Gasteiger partial charge in [0.25, 0.3) is 0 Å². The summed E-state index contributed by atoms with van der Waals surface area (Å²) < 4.78 is 0. The van der Waals surface area contributed by atoms with Crippen molar-refractivity contribution in [3.8, 4) is 0 Å². The van der Waals surface area contributed by atoms with E-state index in [0.717, 1.165) is 44.1 Å². The minimum atomic E-state index is -1.07. The first-order chi connectivity index (χ1) is 19.8. The number of carboxylic acid groups (broad SMARTS) is 1. The molecule has 230 valence electrons. The Morgan fingerprint density at radius 2 is 1.93 bits per heavy atom. The van der Waals surface area contributed by atoms with Gasteiger partial charge in [-0.3, -0.25) is 4.79 Å². The normalized spacial score (nSPS) is 23.9. The van der Waals surface area contributed by atoms with E-state index in [4.69, 9.17) is 10.8 Å². The third-order valence-electron chi connectivity index (χ3n) is 8.38. The zero-order valence-electron chi connectivity index (χ0n) is 25.1. The number of unbranched alkanes of at least 4 members (excludes halogenated alkanes) is 2. The summed E-state index contributed by atoms with van der Waals surface area (Å²) >= 11 is 0. The van der Waals surface area contributed by atoms with Crippen LogP contribution in [0, 0.1) is 17.8 Å². The lowest BCUT2D eigenvalue weighted by Gasteiger charge is -2.35. The van der Waals surface area contributed by atoms with Crippen LogP contribution in [0.3, 0.4) is 0 Å². The molecule has 2 saturated carbocycles. The van der Waals surface area contributed by atoms with Crippen LogP contribution in [-0.4, -0.2) is 58.3 Å². The number of rotatable bonds is 16. The van der Waals surface area contributed by atoms with Crippen LogP contribution in [0.5, 0.6) is 0 Å².